The van der Waals surface area contributed by atoms with E-state index in [9.17, 15) is 4.79 Å². The van der Waals surface area contributed by atoms with Crippen LogP contribution in [0.25, 0.3) is 0 Å². The standard InChI is InChI=1S/C19H40O3Si2/c1-11-12-13-24(18(5,6)7,19(8,9)10)22-17(20)16(4)14-23-21-15(2)3/h15-16H,11-14H2,1-10H3. The van der Waals surface area contributed by atoms with Gasteiger partial charge in [-0.25, -0.2) is 0 Å². The maximum atomic E-state index is 12.9. The Kier molecular flexibility index (Phi) is 9.48. The average molecular weight is 373 g/mol. The number of unbranched alkanes of at least 4 members (excludes halogenated alkanes) is 1. The number of carbonyl (C=O) groups is 1. The Balaban J connectivity index is 5.27. The molecule has 0 aliphatic heterocycles. The highest BCUT2D eigenvalue weighted by Crippen LogP contribution is 2.54. The Hall–Kier alpha value is -0.136. The van der Waals surface area contributed by atoms with Crippen LogP contribution >= 0.6 is 0 Å². The van der Waals surface area contributed by atoms with E-state index in [2.05, 4.69) is 48.5 Å². The van der Waals surface area contributed by atoms with E-state index >= 15 is 0 Å². The molecule has 0 aromatic carbocycles. The smallest absolute Gasteiger partial charge is 0.295 e. The summed E-state index contributed by atoms with van der Waals surface area (Å²) in [7, 11) is -1.93. The minimum atomic E-state index is -2.29. The fourth-order valence-electron chi connectivity index (χ4n) is 3.35. The van der Waals surface area contributed by atoms with Gasteiger partial charge in [0, 0.05) is 6.10 Å². The largest absolute Gasteiger partial charge is 0.518 e. The van der Waals surface area contributed by atoms with Crippen molar-refractivity contribution in [2.24, 2.45) is 5.92 Å². The van der Waals surface area contributed by atoms with Crippen LogP contribution in [0.1, 0.15) is 82.1 Å². The van der Waals surface area contributed by atoms with Crippen molar-refractivity contribution in [3.8, 4) is 0 Å². The highest BCUT2D eigenvalue weighted by atomic mass is 28.4. The summed E-state index contributed by atoms with van der Waals surface area (Å²) in [6.45, 7) is 21.7. The normalized spacial score (nSPS) is 14.8. The predicted molar refractivity (Wildman–Crippen MR) is 107 cm³/mol. The first-order valence-electron chi connectivity index (χ1n) is 9.40. The second kappa shape index (κ2) is 9.53. The summed E-state index contributed by atoms with van der Waals surface area (Å²) < 4.78 is 12.1. The highest BCUT2D eigenvalue weighted by molar-refractivity contribution is 6.80. The lowest BCUT2D eigenvalue weighted by molar-refractivity contribution is -0.139. The molecule has 5 heteroatoms. The van der Waals surface area contributed by atoms with Crippen molar-refractivity contribution in [1.82, 2.24) is 0 Å². The Morgan fingerprint density at radius 2 is 1.54 bits per heavy atom. The molecule has 0 aliphatic rings. The molecule has 142 valence electrons. The van der Waals surface area contributed by atoms with Gasteiger partial charge in [0.25, 0.3) is 14.3 Å². The molecule has 1 unspecified atom stereocenters. The summed E-state index contributed by atoms with van der Waals surface area (Å²) in [6.07, 6.45) is 2.48. The molecule has 0 aromatic rings. The van der Waals surface area contributed by atoms with E-state index in [4.69, 9.17) is 8.85 Å². The molecule has 0 aliphatic carbocycles. The van der Waals surface area contributed by atoms with Gasteiger partial charge in [-0.1, -0.05) is 68.2 Å². The lowest BCUT2D eigenvalue weighted by Crippen LogP contribution is -2.56. The summed E-state index contributed by atoms with van der Waals surface area (Å²) in [5, 5.41) is 0.0407. The molecule has 0 fully saturated rings. The van der Waals surface area contributed by atoms with Crippen LogP contribution in [-0.4, -0.2) is 30.2 Å². The first-order valence-corrected chi connectivity index (χ1v) is 12.6. The predicted octanol–water partition coefficient (Wildman–Crippen LogP) is 5.97. The minimum Gasteiger partial charge on any atom is -0.518 e. The minimum absolute atomic E-state index is 0.0204. The number of hydrogen-bond acceptors (Lipinski definition) is 3. The van der Waals surface area contributed by atoms with Gasteiger partial charge < -0.3 is 8.85 Å². The van der Waals surface area contributed by atoms with Crippen molar-refractivity contribution in [2.75, 3.05) is 0 Å². The fourth-order valence-corrected chi connectivity index (χ4v) is 10.1. The molecule has 0 saturated carbocycles. The molecule has 0 N–H and O–H groups in total. The summed E-state index contributed by atoms with van der Waals surface area (Å²) in [4.78, 5) is 12.9. The van der Waals surface area contributed by atoms with Crippen LogP contribution in [0.2, 0.25) is 22.2 Å². The molecule has 0 aromatic heterocycles. The van der Waals surface area contributed by atoms with Crippen molar-refractivity contribution >= 4 is 24.0 Å². The van der Waals surface area contributed by atoms with E-state index in [0.717, 1.165) is 24.9 Å². The van der Waals surface area contributed by atoms with Crippen molar-refractivity contribution < 1.29 is 13.6 Å². The van der Waals surface area contributed by atoms with E-state index < -0.39 is 8.32 Å². The molecule has 0 bridgehead atoms. The molecule has 1 atom stereocenters. The van der Waals surface area contributed by atoms with Crippen LogP contribution in [0.5, 0.6) is 0 Å². The summed E-state index contributed by atoms with van der Waals surface area (Å²) in [5.74, 6) is -0.122. The molecule has 0 amide bonds. The van der Waals surface area contributed by atoms with Gasteiger partial charge in [0.2, 0.25) is 9.76 Å². The fraction of sp³-hybridized carbons (Fsp3) is 0.947. The number of hydrogen-bond donors (Lipinski definition) is 0. The van der Waals surface area contributed by atoms with Gasteiger partial charge >= 0.3 is 0 Å². The van der Waals surface area contributed by atoms with Crippen LogP contribution < -0.4 is 0 Å². The molecule has 0 spiro atoms. The Morgan fingerprint density at radius 1 is 1.04 bits per heavy atom. The van der Waals surface area contributed by atoms with Gasteiger partial charge in [-0.15, -0.1) is 0 Å². The van der Waals surface area contributed by atoms with Crippen molar-refractivity contribution in [2.45, 2.75) is 110 Å². The van der Waals surface area contributed by atoms with Crippen LogP contribution in [-0.2, 0) is 13.6 Å². The van der Waals surface area contributed by atoms with E-state index in [0.29, 0.717) is 9.76 Å². The van der Waals surface area contributed by atoms with Gasteiger partial charge in [-0.05, 0) is 36.0 Å². The van der Waals surface area contributed by atoms with Crippen LogP contribution in [0.4, 0.5) is 0 Å². The van der Waals surface area contributed by atoms with Crippen LogP contribution in [0.15, 0.2) is 0 Å². The van der Waals surface area contributed by atoms with E-state index in [1.165, 1.54) is 0 Å². The van der Waals surface area contributed by atoms with Gasteiger partial charge in [0.05, 0.1) is 5.92 Å². The molecule has 0 rings (SSSR count). The van der Waals surface area contributed by atoms with Gasteiger partial charge in [-0.2, -0.15) is 0 Å². The van der Waals surface area contributed by atoms with Crippen LogP contribution in [0, 0.1) is 5.92 Å². The third-order valence-corrected chi connectivity index (χ3v) is 12.6. The topological polar surface area (TPSA) is 35.5 Å². The maximum Gasteiger partial charge on any atom is 0.295 e. The zero-order chi connectivity index (χ0) is 19.2. The summed E-state index contributed by atoms with van der Waals surface area (Å²) in [5.41, 5.74) is 0. The SMILES string of the molecule is CCCC[Si](OC(=O)C(C)C[Si]OC(C)C)(C(C)(C)C)C(C)(C)C. The summed E-state index contributed by atoms with van der Waals surface area (Å²) in [6, 6.07) is 1.79. The molecule has 3 nitrogen and oxygen atoms in total. The van der Waals surface area contributed by atoms with Crippen molar-refractivity contribution in [3.05, 3.63) is 0 Å². The molecular formula is C19H40O3Si2. The molecule has 24 heavy (non-hydrogen) atoms. The van der Waals surface area contributed by atoms with E-state index in [-0.39, 0.29) is 28.1 Å². The Bertz CT molecular complexity index is 367. The monoisotopic (exact) mass is 372 g/mol. The van der Waals surface area contributed by atoms with Crippen molar-refractivity contribution in [3.63, 3.8) is 0 Å². The van der Waals surface area contributed by atoms with Gasteiger partial charge in [0.15, 0.2) is 0 Å². The first kappa shape index (κ1) is 23.9. The zero-order valence-corrected chi connectivity index (χ0v) is 19.7. The van der Waals surface area contributed by atoms with Crippen molar-refractivity contribution in [1.29, 1.82) is 0 Å². The maximum absolute atomic E-state index is 12.9. The van der Waals surface area contributed by atoms with E-state index in [1.54, 1.807) is 0 Å². The van der Waals surface area contributed by atoms with Crippen LogP contribution in [0.3, 0.4) is 0 Å². The highest BCUT2D eigenvalue weighted by Gasteiger charge is 2.57. The third kappa shape index (κ3) is 6.64. The zero-order valence-electron chi connectivity index (χ0n) is 17.7. The molecule has 2 radical (unpaired) electrons. The second-order valence-corrected chi connectivity index (χ2v) is 15.6. The van der Waals surface area contributed by atoms with Gasteiger partial charge in [0.1, 0.15) is 0 Å². The lowest BCUT2D eigenvalue weighted by Gasteiger charge is -2.50. The van der Waals surface area contributed by atoms with Gasteiger partial charge in [-0.3, -0.25) is 4.79 Å². The molecule has 0 heterocycles. The third-order valence-electron chi connectivity index (χ3n) is 4.69. The lowest BCUT2D eigenvalue weighted by atomic mass is 10.2. The second-order valence-electron chi connectivity index (χ2n) is 9.27. The van der Waals surface area contributed by atoms with E-state index in [1.807, 2.05) is 20.8 Å². The number of rotatable bonds is 9. The Labute approximate surface area is 154 Å². The molecular weight excluding hydrogens is 332 g/mol. The summed E-state index contributed by atoms with van der Waals surface area (Å²) >= 11 is 0. The quantitative estimate of drug-likeness (QED) is 0.467. The number of carbonyl (C=O) groups excluding carboxylic acids is 1. The molecule has 0 saturated heterocycles. The Morgan fingerprint density at radius 3 is 1.92 bits per heavy atom. The average Bonchev–Trinajstić information content (AvgIpc) is 2.39. The first-order chi connectivity index (χ1) is 10.8.